The van der Waals surface area contributed by atoms with Crippen molar-refractivity contribution in [1.82, 2.24) is 14.7 Å². The number of nitrogens with one attached hydrogen (secondary N) is 1. The summed E-state index contributed by atoms with van der Waals surface area (Å²) >= 11 is 1.28. The van der Waals surface area contributed by atoms with E-state index in [2.05, 4.69) is 15.5 Å². The second kappa shape index (κ2) is 7.94. The molecule has 0 unspecified atom stereocenters. The van der Waals surface area contributed by atoms with Crippen molar-refractivity contribution < 1.29 is 17.7 Å². The van der Waals surface area contributed by atoms with E-state index >= 15 is 0 Å². The van der Waals surface area contributed by atoms with Gasteiger partial charge in [0.15, 0.2) is 11.0 Å². The van der Waals surface area contributed by atoms with Crippen LogP contribution in [-0.2, 0) is 21.4 Å². The first-order chi connectivity index (χ1) is 13.2. The number of nitrogens with two attached hydrogens (primary N) is 1. The Hall–Kier alpha value is -2.37. The number of imidazole rings is 1. The third-order valence-electron chi connectivity index (χ3n) is 3.99. The third kappa shape index (κ3) is 4.37. The van der Waals surface area contributed by atoms with Crippen LogP contribution in [0.4, 0.5) is 5.82 Å². The maximum absolute atomic E-state index is 12.4. The van der Waals surface area contributed by atoms with Gasteiger partial charge in [0.25, 0.3) is 0 Å². The molecule has 0 saturated carbocycles. The van der Waals surface area contributed by atoms with Crippen LogP contribution >= 0.6 is 11.8 Å². The smallest absolute Gasteiger partial charge is 0.238 e. The van der Waals surface area contributed by atoms with Crippen LogP contribution in [0.25, 0.3) is 11.0 Å². The topological polar surface area (TPSA) is 133 Å². The van der Waals surface area contributed by atoms with Crippen molar-refractivity contribution in [2.24, 2.45) is 5.14 Å². The Balaban J connectivity index is 1.88. The molecule has 0 saturated heterocycles. The first kappa shape index (κ1) is 20.4. The highest BCUT2D eigenvalue weighted by molar-refractivity contribution is 8.00. The van der Waals surface area contributed by atoms with Crippen LogP contribution in [0.1, 0.15) is 26.0 Å². The van der Waals surface area contributed by atoms with Gasteiger partial charge in [0.2, 0.25) is 15.9 Å². The van der Waals surface area contributed by atoms with E-state index in [1.54, 1.807) is 26.0 Å². The number of benzene rings is 1. The molecule has 1 amide bonds. The van der Waals surface area contributed by atoms with Crippen molar-refractivity contribution >= 4 is 44.5 Å². The summed E-state index contributed by atoms with van der Waals surface area (Å²) < 4.78 is 30.1. The normalized spacial score (nSPS) is 13.0. The maximum atomic E-state index is 12.4. The zero-order valence-electron chi connectivity index (χ0n) is 15.7. The largest absolute Gasteiger partial charge is 0.360 e. The van der Waals surface area contributed by atoms with E-state index in [4.69, 9.17) is 9.66 Å². The van der Waals surface area contributed by atoms with Crippen molar-refractivity contribution in [3.8, 4) is 0 Å². The monoisotopic (exact) mass is 423 g/mol. The summed E-state index contributed by atoms with van der Waals surface area (Å²) in [6.45, 7) is 6.22. The predicted octanol–water partition coefficient (Wildman–Crippen LogP) is 2.51. The van der Waals surface area contributed by atoms with Gasteiger partial charge in [0.05, 0.1) is 21.2 Å². The number of fused-ring (bicyclic) bond motifs is 1. The van der Waals surface area contributed by atoms with E-state index in [9.17, 15) is 13.2 Å². The van der Waals surface area contributed by atoms with Crippen LogP contribution < -0.4 is 10.5 Å². The van der Waals surface area contributed by atoms with Crippen LogP contribution in [0.3, 0.4) is 0 Å². The summed E-state index contributed by atoms with van der Waals surface area (Å²) in [6, 6.07) is 6.23. The number of aromatic nitrogens is 3. The summed E-state index contributed by atoms with van der Waals surface area (Å²) in [5.74, 6) is 0.722. The minimum absolute atomic E-state index is 0.00453. The molecule has 150 valence electrons. The van der Waals surface area contributed by atoms with Crippen molar-refractivity contribution in [1.29, 1.82) is 0 Å². The molecule has 0 bridgehead atoms. The minimum Gasteiger partial charge on any atom is -0.360 e. The van der Waals surface area contributed by atoms with E-state index in [0.29, 0.717) is 28.8 Å². The molecule has 28 heavy (non-hydrogen) atoms. The number of carbonyl (C=O) groups is 1. The second-order valence-corrected chi connectivity index (χ2v) is 9.18. The second-order valence-electron chi connectivity index (χ2n) is 6.31. The van der Waals surface area contributed by atoms with Gasteiger partial charge in [-0.2, -0.15) is 0 Å². The Morgan fingerprint density at radius 1 is 1.39 bits per heavy atom. The number of sulfonamides is 1. The van der Waals surface area contributed by atoms with Crippen LogP contribution in [0.2, 0.25) is 0 Å². The number of amides is 1. The molecule has 1 aromatic carbocycles. The van der Waals surface area contributed by atoms with E-state index in [1.807, 2.05) is 11.5 Å². The standard InChI is InChI=1S/C17H21N5O4S2/c1-4-7-22-14-6-5-12(28(18,24)25)9-13(14)19-17(22)27-11(3)16(23)20-15-8-10(2)26-21-15/h5-6,8-9,11H,4,7H2,1-3H3,(H2,18,24,25)(H,20,21,23)/t11-/m0/s1. The lowest BCUT2D eigenvalue weighted by molar-refractivity contribution is -0.115. The molecule has 0 fully saturated rings. The van der Waals surface area contributed by atoms with Gasteiger partial charge in [-0.15, -0.1) is 0 Å². The molecule has 3 aromatic rings. The van der Waals surface area contributed by atoms with Gasteiger partial charge in [-0.05, 0) is 38.5 Å². The van der Waals surface area contributed by atoms with Crippen molar-refractivity contribution in [3.63, 3.8) is 0 Å². The van der Waals surface area contributed by atoms with Gasteiger partial charge in [-0.3, -0.25) is 4.79 Å². The summed E-state index contributed by atoms with van der Waals surface area (Å²) in [4.78, 5) is 17.0. The lowest BCUT2D eigenvalue weighted by Crippen LogP contribution is -2.23. The number of anilines is 1. The fourth-order valence-corrected chi connectivity index (χ4v) is 4.14. The number of rotatable bonds is 7. The summed E-state index contributed by atoms with van der Waals surface area (Å²) in [5, 5.41) is 11.8. The number of aryl methyl sites for hydroxylation is 2. The highest BCUT2D eigenvalue weighted by atomic mass is 32.2. The Morgan fingerprint density at radius 3 is 2.75 bits per heavy atom. The van der Waals surface area contributed by atoms with E-state index in [0.717, 1.165) is 11.9 Å². The van der Waals surface area contributed by atoms with Gasteiger partial charge < -0.3 is 14.4 Å². The summed E-state index contributed by atoms with van der Waals surface area (Å²) in [6.07, 6.45) is 0.856. The van der Waals surface area contributed by atoms with Gasteiger partial charge in [-0.1, -0.05) is 23.8 Å². The molecule has 3 rings (SSSR count). The third-order valence-corrected chi connectivity index (χ3v) is 5.99. The Morgan fingerprint density at radius 2 is 2.14 bits per heavy atom. The van der Waals surface area contributed by atoms with E-state index in [-0.39, 0.29) is 10.8 Å². The molecule has 0 spiro atoms. The van der Waals surface area contributed by atoms with Crippen LogP contribution in [0.15, 0.2) is 38.8 Å². The van der Waals surface area contributed by atoms with Crippen LogP contribution in [0.5, 0.6) is 0 Å². The van der Waals surface area contributed by atoms with E-state index in [1.165, 1.54) is 23.9 Å². The van der Waals surface area contributed by atoms with Crippen LogP contribution in [0, 0.1) is 6.92 Å². The molecule has 1 atom stereocenters. The van der Waals surface area contributed by atoms with Gasteiger partial charge in [-0.25, -0.2) is 18.5 Å². The number of hydrogen-bond donors (Lipinski definition) is 2. The first-order valence-electron chi connectivity index (χ1n) is 8.63. The highest BCUT2D eigenvalue weighted by Gasteiger charge is 2.21. The molecule has 0 aliphatic rings. The Bertz CT molecular complexity index is 1120. The predicted molar refractivity (Wildman–Crippen MR) is 107 cm³/mol. The molecule has 3 N–H and O–H groups in total. The van der Waals surface area contributed by atoms with Crippen molar-refractivity contribution in [3.05, 3.63) is 30.0 Å². The molecule has 2 heterocycles. The first-order valence-corrected chi connectivity index (χ1v) is 11.1. The van der Waals surface area contributed by atoms with Gasteiger partial charge in [0.1, 0.15) is 5.76 Å². The SMILES string of the molecule is CCCn1c(S[C@@H](C)C(=O)Nc2cc(C)on2)nc2cc(S(N)(=O)=O)ccc21. The lowest BCUT2D eigenvalue weighted by Gasteiger charge is -2.12. The highest BCUT2D eigenvalue weighted by Crippen LogP contribution is 2.29. The number of hydrogen-bond acceptors (Lipinski definition) is 7. The average Bonchev–Trinajstić information content (AvgIpc) is 3.17. The Labute approximate surface area is 166 Å². The van der Waals surface area contributed by atoms with Gasteiger partial charge >= 0.3 is 0 Å². The summed E-state index contributed by atoms with van der Waals surface area (Å²) in [7, 11) is -3.82. The molecule has 0 radical (unpaired) electrons. The molecule has 2 aromatic heterocycles. The molecular formula is C17H21N5O4S2. The maximum Gasteiger partial charge on any atom is 0.238 e. The van der Waals surface area contributed by atoms with Gasteiger partial charge in [0, 0.05) is 12.6 Å². The quantitative estimate of drug-likeness (QED) is 0.558. The van der Waals surface area contributed by atoms with Crippen molar-refractivity contribution in [2.45, 2.75) is 49.0 Å². The number of thioether (sulfide) groups is 1. The summed E-state index contributed by atoms with van der Waals surface area (Å²) in [5.41, 5.74) is 1.30. The van der Waals surface area contributed by atoms with Crippen molar-refractivity contribution in [2.75, 3.05) is 5.32 Å². The fourth-order valence-electron chi connectivity index (χ4n) is 2.66. The molecule has 0 aliphatic heterocycles. The van der Waals surface area contributed by atoms with E-state index < -0.39 is 15.3 Å². The molecule has 11 heteroatoms. The molecular weight excluding hydrogens is 402 g/mol. The lowest BCUT2D eigenvalue weighted by atomic mass is 10.3. The number of primary sulfonamides is 1. The fraction of sp³-hybridized carbons (Fsp3) is 0.353. The zero-order chi connectivity index (χ0) is 20.5. The van der Waals surface area contributed by atoms with Crippen LogP contribution in [-0.4, -0.2) is 34.3 Å². The number of carbonyl (C=O) groups excluding carboxylic acids is 1. The number of nitrogens with zero attached hydrogens (tertiary/aromatic N) is 3. The average molecular weight is 424 g/mol. The molecule has 0 aliphatic carbocycles. The zero-order valence-corrected chi connectivity index (χ0v) is 17.3. The minimum atomic E-state index is -3.82. The molecule has 9 nitrogen and oxygen atoms in total. The Kier molecular flexibility index (Phi) is 5.77.